The second-order valence-corrected chi connectivity index (χ2v) is 12.1. The highest BCUT2D eigenvalue weighted by Crippen LogP contribution is 2.45. The summed E-state index contributed by atoms with van der Waals surface area (Å²) < 4.78 is 27.8. The Kier molecular flexibility index (Phi) is 7.64. The lowest BCUT2D eigenvalue weighted by molar-refractivity contribution is -0.135. The monoisotopic (exact) mass is 533 g/mol. The molecule has 3 heterocycles. The van der Waals surface area contributed by atoms with Crippen LogP contribution in [0.25, 0.3) is 0 Å². The molecule has 0 saturated carbocycles. The molecule has 37 heavy (non-hydrogen) atoms. The van der Waals surface area contributed by atoms with Crippen molar-refractivity contribution in [3.63, 3.8) is 0 Å². The van der Waals surface area contributed by atoms with Gasteiger partial charge in [-0.3, -0.25) is 4.79 Å². The Balaban J connectivity index is 1.61. The Morgan fingerprint density at radius 2 is 1.89 bits per heavy atom. The van der Waals surface area contributed by atoms with Crippen molar-refractivity contribution in [2.24, 2.45) is 5.41 Å². The van der Waals surface area contributed by atoms with E-state index in [0.29, 0.717) is 25.2 Å². The fourth-order valence-corrected chi connectivity index (χ4v) is 6.50. The number of carboxylic acid groups (broad SMARTS) is 1. The van der Waals surface area contributed by atoms with E-state index in [1.54, 1.807) is 11.2 Å². The first-order valence-electron chi connectivity index (χ1n) is 12.3. The van der Waals surface area contributed by atoms with Gasteiger partial charge in [0.1, 0.15) is 18.2 Å². The summed E-state index contributed by atoms with van der Waals surface area (Å²) >= 11 is 1.82. The molecule has 1 unspecified atom stereocenters. The van der Waals surface area contributed by atoms with Gasteiger partial charge in [0.2, 0.25) is 5.91 Å². The number of thioether (sulfide) groups is 1. The van der Waals surface area contributed by atoms with Crippen molar-refractivity contribution in [3.05, 3.63) is 53.0 Å². The molecule has 1 fully saturated rings. The summed E-state index contributed by atoms with van der Waals surface area (Å²) in [6.45, 7) is 11.0. The van der Waals surface area contributed by atoms with Gasteiger partial charge in [0.15, 0.2) is 11.6 Å². The Labute approximate surface area is 219 Å². The van der Waals surface area contributed by atoms with Crippen LogP contribution in [0.2, 0.25) is 0 Å². The van der Waals surface area contributed by atoms with Crippen molar-refractivity contribution in [2.45, 2.75) is 63.6 Å². The van der Waals surface area contributed by atoms with Crippen LogP contribution in [-0.4, -0.2) is 63.7 Å². The zero-order valence-electron chi connectivity index (χ0n) is 21.7. The highest BCUT2D eigenvalue weighted by atomic mass is 32.2. The van der Waals surface area contributed by atoms with Crippen LogP contribution in [0.4, 0.5) is 19.4 Å². The molecule has 2 aromatic rings. The van der Waals surface area contributed by atoms with E-state index in [4.69, 9.17) is 0 Å². The number of carbonyl (C=O) groups is 2. The maximum absolute atomic E-state index is 14.2. The van der Waals surface area contributed by atoms with Crippen LogP contribution >= 0.6 is 11.8 Å². The molecule has 4 rings (SSSR count). The van der Waals surface area contributed by atoms with Gasteiger partial charge in [-0.25, -0.2) is 23.5 Å². The van der Waals surface area contributed by atoms with Crippen molar-refractivity contribution in [1.29, 1.82) is 0 Å². The average molecular weight is 534 g/mol. The Morgan fingerprint density at radius 3 is 2.51 bits per heavy atom. The normalized spacial score (nSPS) is 21.4. The summed E-state index contributed by atoms with van der Waals surface area (Å²) in [4.78, 5) is 38.5. The van der Waals surface area contributed by atoms with Gasteiger partial charge in [-0.2, -0.15) is 0 Å². The maximum atomic E-state index is 14.2. The van der Waals surface area contributed by atoms with Crippen molar-refractivity contribution in [3.8, 4) is 0 Å². The number of carbonyl (C=O) groups excluding carboxylic acids is 1. The standard InChI is InChI=1S/C26H33F2N5O3S/c1-14-11-32(8-9-33(14)23-20-15(2)37-12-19(20)29-13-30-23)24(34)22(31-25(35)36)21(26(3,4)5)16-6-7-17(27)18(28)10-16/h6-7,10,13-15,21-22,31H,8-9,11-12H2,1-5H3,(H,35,36)/t14-,15-,21+,22?/m0/s1. The van der Waals surface area contributed by atoms with Gasteiger partial charge in [-0.15, -0.1) is 11.8 Å². The lowest BCUT2D eigenvalue weighted by Gasteiger charge is -2.44. The molecule has 200 valence electrons. The van der Waals surface area contributed by atoms with Crippen LogP contribution < -0.4 is 10.2 Å². The third kappa shape index (κ3) is 5.51. The zero-order chi connectivity index (χ0) is 27.1. The number of piperazine rings is 1. The van der Waals surface area contributed by atoms with Crippen molar-refractivity contribution >= 4 is 29.6 Å². The number of hydrogen-bond donors (Lipinski definition) is 2. The van der Waals surface area contributed by atoms with E-state index in [1.165, 1.54) is 6.07 Å². The van der Waals surface area contributed by atoms with E-state index in [-0.39, 0.29) is 11.3 Å². The summed E-state index contributed by atoms with van der Waals surface area (Å²) in [6.07, 6.45) is 0.226. The minimum atomic E-state index is -1.36. The lowest BCUT2D eigenvalue weighted by atomic mass is 9.71. The lowest BCUT2D eigenvalue weighted by Crippen LogP contribution is -2.60. The smallest absolute Gasteiger partial charge is 0.405 e. The third-order valence-corrected chi connectivity index (χ3v) is 8.32. The number of rotatable bonds is 5. The van der Waals surface area contributed by atoms with Gasteiger partial charge >= 0.3 is 6.09 Å². The van der Waals surface area contributed by atoms with Crippen LogP contribution in [0.3, 0.4) is 0 Å². The SMILES string of the molecule is C[C@@H]1SCc2ncnc(N3CCN(C(=O)C(NC(=O)O)[C@@H](c4ccc(F)c(F)c4)C(C)(C)C)C[C@@H]3C)c21. The molecule has 2 amide bonds. The van der Waals surface area contributed by atoms with Gasteiger partial charge in [-0.05, 0) is 37.0 Å². The van der Waals surface area contributed by atoms with Gasteiger partial charge in [0.05, 0.1) is 5.69 Å². The minimum absolute atomic E-state index is 0.0728. The number of anilines is 1. The van der Waals surface area contributed by atoms with Crippen LogP contribution in [0.5, 0.6) is 0 Å². The van der Waals surface area contributed by atoms with E-state index in [1.807, 2.05) is 39.5 Å². The Bertz CT molecular complexity index is 1190. The van der Waals surface area contributed by atoms with E-state index < -0.39 is 41.0 Å². The highest BCUT2D eigenvalue weighted by Gasteiger charge is 2.42. The van der Waals surface area contributed by atoms with Gasteiger partial charge < -0.3 is 20.2 Å². The summed E-state index contributed by atoms with van der Waals surface area (Å²) in [7, 11) is 0. The zero-order valence-corrected chi connectivity index (χ0v) is 22.5. The summed E-state index contributed by atoms with van der Waals surface area (Å²) in [5.74, 6) is -1.44. The van der Waals surface area contributed by atoms with Crippen LogP contribution in [0.15, 0.2) is 24.5 Å². The summed E-state index contributed by atoms with van der Waals surface area (Å²) in [6, 6.07) is 2.21. The molecule has 4 atom stereocenters. The Hall–Kier alpha value is -2.95. The van der Waals surface area contributed by atoms with Crippen LogP contribution in [0.1, 0.15) is 62.6 Å². The van der Waals surface area contributed by atoms with Gasteiger partial charge in [0.25, 0.3) is 0 Å². The average Bonchev–Trinajstić information content (AvgIpc) is 3.20. The molecule has 0 radical (unpaired) electrons. The number of halogens is 2. The van der Waals surface area contributed by atoms with Gasteiger partial charge in [-0.1, -0.05) is 26.8 Å². The fourth-order valence-electron chi connectivity index (χ4n) is 5.46. The number of amides is 2. The number of hydrogen-bond acceptors (Lipinski definition) is 6. The minimum Gasteiger partial charge on any atom is -0.465 e. The molecule has 1 aromatic heterocycles. The number of nitrogens with zero attached hydrogens (tertiary/aromatic N) is 4. The first-order valence-corrected chi connectivity index (χ1v) is 13.4. The molecular formula is C26H33F2N5O3S. The predicted octanol–water partition coefficient (Wildman–Crippen LogP) is 4.57. The number of nitrogens with one attached hydrogen (secondary N) is 1. The molecule has 2 aliphatic heterocycles. The number of aromatic nitrogens is 2. The molecule has 1 aromatic carbocycles. The van der Waals surface area contributed by atoms with E-state index >= 15 is 0 Å². The predicted molar refractivity (Wildman–Crippen MR) is 139 cm³/mol. The molecule has 2 aliphatic rings. The molecule has 0 aliphatic carbocycles. The molecule has 0 bridgehead atoms. The summed E-state index contributed by atoms with van der Waals surface area (Å²) in [5, 5.41) is 12.3. The second-order valence-electron chi connectivity index (χ2n) is 10.8. The molecule has 11 heteroatoms. The second kappa shape index (κ2) is 10.4. The quantitative estimate of drug-likeness (QED) is 0.581. The highest BCUT2D eigenvalue weighted by molar-refractivity contribution is 7.99. The van der Waals surface area contributed by atoms with Crippen molar-refractivity contribution in [1.82, 2.24) is 20.2 Å². The van der Waals surface area contributed by atoms with Gasteiger partial charge in [0, 0.05) is 48.2 Å². The first kappa shape index (κ1) is 27.1. The molecule has 2 N–H and O–H groups in total. The molecule has 8 nitrogen and oxygen atoms in total. The van der Waals surface area contributed by atoms with Crippen LogP contribution in [0, 0.1) is 17.0 Å². The van der Waals surface area contributed by atoms with E-state index in [0.717, 1.165) is 35.0 Å². The first-order chi connectivity index (χ1) is 17.4. The topological polar surface area (TPSA) is 98.7 Å². The third-order valence-electron chi connectivity index (χ3n) is 7.15. The largest absolute Gasteiger partial charge is 0.465 e. The molecular weight excluding hydrogens is 500 g/mol. The molecule has 0 spiro atoms. The fraction of sp³-hybridized carbons (Fsp3) is 0.538. The van der Waals surface area contributed by atoms with Crippen LogP contribution in [-0.2, 0) is 10.5 Å². The van der Waals surface area contributed by atoms with E-state index in [9.17, 15) is 23.5 Å². The Morgan fingerprint density at radius 1 is 1.16 bits per heavy atom. The van der Waals surface area contributed by atoms with E-state index in [2.05, 4.69) is 27.1 Å². The number of fused-ring (bicyclic) bond motifs is 1. The molecule has 1 saturated heterocycles. The van der Waals surface area contributed by atoms with Crippen molar-refractivity contribution in [2.75, 3.05) is 24.5 Å². The maximum Gasteiger partial charge on any atom is 0.405 e. The number of benzene rings is 1. The van der Waals surface area contributed by atoms with Crippen molar-refractivity contribution < 1.29 is 23.5 Å². The summed E-state index contributed by atoms with van der Waals surface area (Å²) in [5.41, 5.74) is 1.89.